The Hall–Kier alpha value is -3.33. The minimum atomic E-state index is -0.945. The van der Waals surface area contributed by atoms with Crippen molar-refractivity contribution in [2.45, 2.75) is 70.4 Å². The average Bonchev–Trinajstić information content (AvgIpc) is 3.56. The van der Waals surface area contributed by atoms with Gasteiger partial charge in [-0.1, -0.05) is 48.2 Å². The molecule has 4 amide bonds. The van der Waals surface area contributed by atoms with Gasteiger partial charge in [0.1, 0.15) is 6.04 Å². The van der Waals surface area contributed by atoms with E-state index in [1.54, 1.807) is 17.7 Å². The van der Waals surface area contributed by atoms with Crippen molar-refractivity contribution in [3.05, 3.63) is 75.3 Å². The predicted octanol–water partition coefficient (Wildman–Crippen LogP) is 5.06. The van der Waals surface area contributed by atoms with Gasteiger partial charge >= 0.3 is 0 Å². The molecular weight excluding hydrogens is 576 g/mol. The van der Waals surface area contributed by atoms with Gasteiger partial charge < -0.3 is 0 Å². The summed E-state index contributed by atoms with van der Waals surface area (Å²) in [6, 6.07) is 12.9. The van der Waals surface area contributed by atoms with Crippen LogP contribution in [0.1, 0.15) is 89.6 Å². The number of imide groups is 2. The van der Waals surface area contributed by atoms with Crippen LogP contribution in [0.2, 0.25) is 5.02 Å². The maximum atomic E-state index is 13.3. The van der Waals surface area contributed by atoms with Crippen molar-refractivity contribution < 1.29 is 19.2 Å². The van der Waals surface area contributed by atoms with Gasteiger partial charge in [0.05, 0.1) is 11.1 Å². The number of allylic oxidation sites excluding steroid dienone is 1. The van der Waals surface area contributed by atoms with Crippen molar-refractivity contribution in [3.8, 4) is 0 Å². The Morgan fingerprint density at radius 3 is 2.18 bits per heavy atom. The van der Waals surface area contributed by atoms with Gasteiger partial charge in [0.15, 0.2) is 0 Å². The summed E-state index contributed by atoms with van der Waals surface area (Å²) in [5, 5.41) is 3.03. The number of amides is 4. The number of carbonyl (C=O) groups excluding carboxylic acids is 4. The van der Waals surface area contributed by atoms with Crippen LogP contribution in [0, 0.1) is 5.41 Å². The van der Waals surface area contributed by atoms with E-state index in [4.69, 9.17) is 11.6 Å². The number of piperidine rings is 1. The molecule has 3 heterocycles. The molecule has 2 aliphatic carbocycles. The molecule has 1 atom stereocenters. The fourth-order valence-electron chi connectivity index (χ4n) is 8.17. The summed E-state index contributed by atoms with van der Waals surface area (Å²) in [4.78, 5) is 56.3. The number of nitrogens with one attached hydrogen (secondary N) is 1. The van der Waals surface area contributed by atoms with Crippen molar-refractivity contribution >= 4 is 40.8 Å². The minimum Gasteiger partial charge on any atom is -0.297 e. The van der Waals surface area contributed by atoms with Gasteiger partial charge in [0, 0.05) is 50.7 Å². The molecule has 44 heavy (non-hydrogen) atoms. The van der Waals surface area contributed by atoms with Gasteiger partial charge in [-0.15, -0.1) is 0 Å². The zero-order chi connectivity index (χ0) is 30.4. The molecule has 1 N–H and O–H groups in total. The van der Waals surface area contributed by atoms with E-state index in [2.05, 4.69) is 27.2 Å². The molecule has 230 valence electrons. The summed E-state index contributed by atoms with van der Waals surface area (Å²) in [6.07, 6.45) is 9.37. The van der Waals surface area contributed by atoms with Crippen molar-refractivity contribution in [2.24, 2.45) is 5.41 Å². The fourth-order valence-corrected chi connectivity index (χ4v) is 8.29. The van der Waals surface area contributed by atoms with Crippen molar-refractivity contribution in [3.63, 3.8) is 0 Å². The van der Waals surface area contributed by atoms with Crippen LogP contribution in [0.3, 0.4) is 0 Å². The molecule has 5 aliphatic rings. The third-order valence-electron chi connectivity index (χ3n) is 10.6. The first-order valence-electron chi connectivity index (χ1n) is 16.0. The lowest BCUT2D eigenvalue weighted by atomic mass is 9.69. The van der Waals surface area contributed by atoms with Crippen LogP contribution in [-0.4, -0.2) is 77.1 Å². The molecule has 7 rings (SSSR count). The van der Waals surface area contributed by atoms with Crippen LogP contribution in [0.15, 0.2) is 48.0 Å². The number of piperazine rings is 1. The largest absolute Gasteiger partial charge is 0.297 e. The summed E-state index contributed by atoms with van der Waals surface area (Å²) in [7, 11) is 0. The van der Waals surface area contributed by atoms with E-state index < -0.39 is 23.8 Å². The Balaban J connectivity index is 1.00. The van der Waals surface area contributed by atoms with Gasteiger partial charge in [0.2, 0.25) is 11.8 Å². The molecule has 8 nitrogen and oxygen atoms in total. The molecular formula is C35H39ClN4O4. The quantitative estimate of drug-likeness (QED) is 0.458. The molecule has 2 aromatic carbocycles. The summed E-state index contributed by atoms with van der Waals surface area (Å²) < 4.78 is 0. The number of benzene rings is 2. The fraction of sp³-hybridized carbons (Fsp3) is 0.486. The molecule has 2 saturated heterocycles. The molecule has 1 spiro atoms. The van der Waals surface area contributed by atoms with Crippen molar-refractivity contribution in [1.29, 1.82) is 0 Å². The smallest absolute Gasteiger partial charge is 0.262 e. The highest BCUT2D eigenvalue weighted by Crippen LogP contribution is 2.52. The number of rotatable bonds is 6. The SMILES string of the molecule is O=C1CCC(N2C(=O)c3ccc(CN4CCN(CC5=C(c6ccc(Cl)cc6)CCC6(CCCC6)C5)CC4)cc3C2=O)C(=O)N1. The molecule has 3 fully saturated rings. The lowest BCUT2D eigenvalue weighted by Gasteiger charge is -2.40. The number of carbonyl (C=O) groups is 4. The second-order valence-electron chi connectivity index (χ2n) is 13.4. The number of hydrogen-bond donors (Lipinski definition) is 1. The maximum absolute atomic E-state index is 13.3. The molecule has 1 unspecified atom stereocenters. The molecule has 0 bridgehead atoms. The van der Waals surface area contributed by atoms with Crippen LogP contribution in [0.4, 0.5) is 0 Å². The Labute approximate surface area is 263 Å². The van der Waals surface area contributed by atoms with Gasteiger partial charge in [-0.25, -0.2) is 0 Å². The molecule has 3 aliphatic heterocycles. The number of fused-ring (bicyclic) bond motifs is 1. The predicted molar refractivity (Wildman–Crippen MR) is 168 cm³/mol. The second-order valence-corrected chi connectivity index (χ2v) is 13.8. The third-order valence-corrected chi connectivity index (χ3v) is 10.8. The van der Waals surface area contributed by atoms with Gasteiger partial charge in [-0.3, -0.25) is 39.2 Å². The van der Waals surface area contributed by atoms with Crippen LogP contribution in [0.25, 0.3) is 5.57 Å². The highest BCUT2D eigenvalue weighted by atomic mass is 35.5. The lowest BCUT2D eigenvalue weighted by molar-refractivity contribution is -0.136. The van der Waals surface area contributed by atoms with Gasteiger partial charge in [-0.2, -0.15) is 0 Å². The highest BCUT2D eigenvalue weighted by molar-refractivity contribution is 6.30. The van der Waals surface area contributed by atoms with E-state index >= 15 is 0 Å². The molecule has 1 saturated carbocycles. The standard InChI is InChI=1S/C35H39ClN4O4/c36-26-6-4-24(5-7-26)27-11-14-35(12-1-2-13-35)20-25(27)22-39-17-15-38(16-18-39)21-23-3-8-28-29(19-23)34(44)40(33(28)43)30-9-10-31(41)37-32(30)42/h3-8,19,30H,1-2,9-18,20-22H2,(H,37,41,42). The minimum absolute atomic E-state index is 0.113. The molecule has 9 heteroatoms. The zero-order valence-electron chi connectivity index (χ0n) is 25.1. The summed E-state index contributed by atoms with van der Waals surface area (Å²) in [6.45, 7) is 5.54. The first kappa shape index (κ1) is 29.4. The van der Waals surface area contributed by atoms with E-state index in [-0.39, 0.29) is 18.7 Å². The summed E-state index contributed by atoms with van der Waals surface area (Å²) in [5.41, 5.74) is 6.58. The zero-order valence-corrected chi connectivity index (χ0v) is 25.8. The molecule has 2 aromatic rings. The van der Waals surface area contributed by atoms with Crippen LogP contribution in [0.5, 0.6) is 0 Å². The molecule has 0 radical (unpaired) electrons. The van der Waals surface area contributed by atoms with Crippen molar-refractivity contribution in [1.82, 2.24) is 20.0 Å². The summed E-state index contributed by atoms with van der Waals surface area (Å²) >= 11 is 6.21. The Morgan fingerprint density at radius 1 is 0.795 bits per heavy atom. The lowest BCUT2D eigenvalue weighted by Crippen LogP contribution is -2.54. The van der Waals surface area contributed by atoms with E-state index in [9.17, 15) is 19.2 Å². The van der Waals surface area contributed by atoms with Crippen LogP contribution >= 0.6 is 11.6 Å². The first-order valence-corrected chi connectivity index (χ1v) is 16.4. The van der Waals surface area contributed by atoms with Crippen LogP contribution in [-0.2, 0) is 16.1 Å². The maximum Gasteiger partial charge on any atom is 0.262 e. The summed E-state index contributed by atoms with van der Waals surface area (Å²) in [5.74, 6) is -1.88. The monoisotopic (exact) mass is 614 g/mol. The number of halogens is 1. The Bertz CT molecular complexity index is 1540. The van der Waals surface area contributed by atoms with E-state index in [0.29, 0.717) is 23.1 Å². The van der Waals surface area contributed by atoms with Gasteiger partial charge in [-0.05, 0) is 84.9 Å². The second kappa shape index (κ2) is 11.9. The average molecular weight is 615 g/mol. The molecule has 0 aromatic heterocycles. The highest BCUT2D eigenvalue weighted by Gasteiger charge is 2.45. The van der Waals surface area contributed by atoms with E-state index in [1.807, 2.05) is 18.2 Å². The van der Waals surface area contributed by atoms with E-state index in [0.717, 1.165) is 54.6 Å². The first-order chi connectivity index (χ1) is 21.3. The number of nitrogens with zero attached hydrogens (tertiary/aromatic N) is 3. The Kier molecular flexibility index (Phi) is 7.93. The van der Waals surface area contributed by atoms with Crippen molar-refractivity contribution in [2.75, 3.05) is 32.7 Å². The Morgan fingerprint density at radius 2 is 1.48 bits per heavy atom. The normalized spacial score (nSPS) is 24.4. The number of hydrogen-bond acceptors (Lipinski definition) is 6. The topological polar surface area (TPSA) is 90.0 Å². The van der Waals surface area contributed by atoms with E-state index in [1.165, 1.54) is 49.7 Å². The van der Waals surface area contributed by atoms with Gasteiger partial charge in [0.25, 0.3) is 11.8 Å². The third kappa shape index (κ3) is 5.64. The van der Waals surface area contributed by atoms with Crippen LogP contribution < -0.4 is 5.32 Å².